The molecule has 1 aromatic carbocycles. The number of hydrogen-bond donors (Lipinski definition) is 0. The number of ether oxygens (including phenoxy) is 2. The summed E-state index contributed by atoms with van der Waals surface area (Å²) in [6.45, 7) is 0.863. The predicted molar refractivity (Wildman–Crippen MR) is 77.8 cm³/mol. The molecular formula is C16H19NO5. The quantitative estimate of drug-likeness (QED) is 0.605. The van der Waals surface area contributed by atoms with Crippen molar-refractivity contribution in [2.45, 2.75) is 19.0 Å². The van der Waals surface area contributed by atoms with E-state index in [0.717, 1.165) is 5.56 Å². The van der Waals surface area contributed by atoms with Crippen LogP contribution in [-0.4, -0.2) is 49.4 Å². The largest absolute Gasteiger partial charge is 0.468 e. The first kappa shape index (κ1) is 16.2. The zero-order chi connectivity index (χ0) is 16.1. The second kappa shape index (κ2) is 7.17. The molecule has 0 aromatic heterocycles. The third-order valence-electron chi connectivity index (χ3n) is 3.83. The number of esters is 2. The van der Waals surface area contributed by atoms with Gasteiger partial charge in [-0.2, -0.15) is 0 Å². The number of ketones is 1. The Hall–Kier alpha value is -2.21. The molecule has 0 saturated carbocycles. The van der Waals surface area contributed by atoms with Crippen molar-refractivity contribution in [2.75, 3.05) is 20.8 Å². The summed E-state index contributed by atoms with van der Waals surface area (Å²) in [5, 5.41) is 0. The summed E-state index contributed by atoms with van der Waals surface area (Å²) in [5.74, 6) is -2.71. The molecule has 0 aliphatic carbocycles. The van der Waals surface area contributed by atoms with Crippen molar-refractivity contribution in [3.05, 3.63) is 35.9 Å². The zero-order valence-electron chi connectivity index (χ0n) is 12.7. The standard InChI is InChI=1S/C16H19NO5/c1-21-15(19)13-12(18)8-9-17(14(13)16(20)22-2)10-11-6-4-3-5-7-11/h3-7,13-14H,8-10H2,1-2H3/t13-,14-/m0/s1. The number of likely N-dealkylation sites (tertiary alicyclic amines) is 1. The maximum absolute atomic E-state index is 12.1. The maximum atomic E-state index is 12.1. The van der Waals surface area contributed by atoms with E-state index in [9.17, 15) is 14.4 Å². The first-order valence-electron chi connectivity index (χ1n) is 7.04. The Morgan fingerprint density at radius 2 is 1.77 bits per heavy atom. The fourth-order valence-corrected chi connectivity index (χ4v) is 2.72. The monoisotopic (exact) mass is 305 g/mol. The van der Waals surface area contributed by atoms with E-state index < -0.39 is 23.9 Å². The van der Waals surface area contributed by atoms with Crippen LogP contribution in [0.3, 0.4) is 0 Å². The van der Waals surface area contributed by atoms with Gasteiger partial charge in [0.2, 0.25) is 0 Å². The Morgan fingerprint density at radius 1 is 1.14 bits per heavy atom. The van der Waals surface area contributed by atoms with Gasteiger partial charge in [-0.25, -0.2) is 0 Å². The normalized spacial score (nSPS) is 22.2. The summed E-state index contributed by atoms with van der Waals surface area (Å²) in [4.78, 5) is 37.9. The number of nitrogens with zero attached hydrogens (tertiary/aromatic N) is 1. The van der Waals surface area contributed by atoms with E-state index in [4.69, 9.17) is 4.74 Å². The SMILES string of the molecule is COC(=O)[C@H]1C(=O)CCN(Cc2ccccc2)[C@@H]1C(=O)OC. The molecule has 118 valence electrons. The lowest BCUT2D eigenvalue weighted by Gasteiger charge is -2.37. The molecule has 6 heteroatoms. The number of rotatable bonds is 4. The fraction of sp³-hybridized carbons (Fsp3) is 0.438. The van der Waals surface area contributed by atoms with Gasteiger partial charge in [-0.05, 0) is 5.56 Å². The molecule has 6 nitrogen and oxygen atoms in total. The molecule has 1 aliphatic rings. The number of benzene rings is 1. The van der Waals surface area contributed by atoms with E-state index in [-0.39, 0.29) is 12.2 Å². The number of carbonyl (C=O) groups excluding carboxylic acids is 3. The maximum Gasteiger partial charge on any atom is 0.324 e. The van der Waals surface area contributed by atoms with Gasteiger partial charge in [-0.3, -0.25) is 19.3 Å². The van der Waals surface area contributed by atoms with Crippen molar-refractivity contribution in [1.29, 1.82) is 0 Å². The Morgan fingerprint density at radius 3 is 2.36 bits per heavy atom. The molecule has 1 fully saturated rings. The summed E-state index contributed by atoms with van der Waals surface area (Å²) in [6, 6.07) is 8.61. The summed E-state index contributed by atoms with van der Waals surface area (Å²) in [5.41, 5.74) is 0.995. The number of hydrogen-bond acceptors (Lipinski definition) is 6. The van der Waals surface area contributed by atoms with E-state index in [1.807, 2.05) is 30.3 Å². The van der Waals surface area contributed by atoms with Crippen LogP contribution in [0.5, 0.6) is 0 Å². The average molecular weight is 305 g/mol. The lowest BCUT2D eigenvalue weighted by atomic mass is 9.87. The van der Waals surface area contributed by atoms with Gasteiger partial charge in [0.1, 0.15) is 12.0 Å². The highest BCUT2D eigenvalue weighted by molar-refractivity contribution is 6.04. The molecule has 0 bridgehead atoms. The minimum Gasteiger partial charge on any atom is -0.468 e. The van der Waals surface area contributed by atoms with Gasteiger partial charge in [-0.1, -0.05) is 30.3 Å². The molecule has 2 rings (SSSR count). The molecule has 0 spiro atoms. The molecule has 1 heterocycles. The second-order valence-corrected chi connectivity index (χ2v) is 5.14. The van der Waals surface area contributed by atoms with Crippen molar-refractivity contribution >= 4 is 17.7 Å². The molecule has 1 aromatic rings. The summed E-state index contributed by atoms with van der Waals surface area (Å²) in [6.07, 6.45) is 0.208. The van der Waals surface area contributed by atoms with Crippen LogP contribution in [0.25, 0.3) is 0 Å². The smallest absolute Gasteiger partial charge is 0.324 e. The predicted octanol–water partition coefficient (Wildman–Crippen LogP) is 0.792. The van der Waals surface area contributed by atoms with E-state index >= 15 is 0 Å². The second-order valence-electron chi connectivity index (χ2n) is 5.14. The highest BCUT2D eigenvalue weighted by atomic mass is 16.5. The van der Waals surface area contributed by atoms with Crippen molar-refractivity contribution in [3.63, 3.8) is 0 Å². The number of Topliss-reactive ketones (excluding diaryl/α,β-unsaturated/α-hetero) is 1. The zero-order valence-corrected chi connectivity index (χ0v) is 12.7. The van der Waals surface area contributed by atoms with Crippen LogP contribution in [0, 0.1) is 5.92 Å². The number of methoxy groups -OCH3 is 2. The van der Waals surface area contributed by atoms with Gasteiger partial charge < -0.3 is 9.47 Å². The number of carbonyl (C=O) groups is 3. The van der Waals surface area contributed by atoms with Crippen molar-refractivity contribution in [1.82, 2.24) is 4.90 Å². The summed E-state index contributed by atoms with van der Waals surface area (Å²) >= 11 is 0. The highest BCUT2D eigenvalue weighted by Gasteiger charge is 2.47. The molecule has 1 aliphatic heterocycles. The van der Waals surface area contributed by atoms with Crippen LogP contribution >= 0.6 is 0 Å². The van der Waals surface area contributed by atoms with Crippen LogP contribution < -0.4 is 0 Å². The topological polar surface area (TPSA) is 72.9 Å². The molecule has 22 heavy (non-hydrogen) atoms. The Kier molecular flexibility index (Phi) is 5.27. The summed E-state index contributed by atoms with van der Waals surface area (Å²) in [7, 11) is 2.45. The lowest BCUT2D eigenvalue weighted by Crippen LogP contribution is -2.56. The van der Waals surface area contributed by atoms with Gasteiger partial charge in [0.25, 0.3) is 0 Å². The lowest BCUT2D eigenvalue weighted by molar-refractivity contribution is -0.166. The summed E-state index contributed by atoms with van der Waals surface area (Å²) < 4.78 is 9.48. The van der Waals surface area contributed by atoms with Crippen LogP contribution in [0.4, 0.5) is 0 Å². The highest BCUT2D eigenvalue weighted by Crippen LogP contribution is 2.25. The number of piperidine rings is 1. The van der Waals surface area contributed by atoms with E-state index in [2.05, 4.69) is 4.74 Å². The molecular weight excluding hydrogens is 286 g/mol. The van der Waals surface area contributed by atoms with E-state index in [0.29, 0.717) is 13.1 Å². The van der Waals surface area contributed by atoms with Crippen molar-refractivity contribution in [2.24, 2.45) is 5.92 Å². The molecule has 0 unspecified atom stereocenters. The van der Waals surface area contributed by atoms with Crippen LogP contribution in [0.1, 0.15) is 12.0 Å². The molecule has 0 amide bonds. The fourth-order valence-electron chi connectivity index (χ4n) is 2.72. The Bertz CT molecular complexity index is 549. The van der Waals surface area contributed by atoms with Crippen molar-refractivity contribution < 1.29 is 23.9 Å². The van der Waals surface area contributed by atoms with Crippen LogP contribution in [0.2, 0.25) is 0 Å². The van der Waals surface area contributed by atoms with Gasteiger partial charge in [0, 0.05) is 19.5 Å². The van der Waals surface area contributed by atoms with E-state index in [1.54, 1.807) is 4.90 Å². The van der Waals surface area contributed by atoms with Crippen LogP contribution in [-0.2, 0) is 30.4 Å². The minimum absolute atomic E-state index is 0.208. The Labute approximate surface area is 129 Å². The van der Waals surface area contributed by atoms with Crippen molar-refractivity contribution in [3.8, 4) is 0 Å². The third-order valence-corrected chi connectivity index (χ3v) is 3.83. The van der Waals surface area contributed by atoms with Gasteiger partial charge >= 0.3 is 11.9 Å². The Balaban J connectivity index is 2.29. The third kappa shape index (κ3) is 3.33. The van der Waals surface area contributed by atoms with Crippen LogP contribution in [0.15, 0.2) is 30.3 Å². The molecule has 2 atom stereocenters. The molecule has 1 saturated heterocycles. The first-order chi connectivity index (χ1) is 10.6. The van der Waals surface area contributed by atoms with E-state index in [1.165, 1.54) is 14.2 Å². The van der Waals surface area contributed by atoms with Gasteiger partial charge in [0.15, 0.2) is 5.78 Å². The minimum atomic E-state index is -1.13. The average Bonchev–Trinajstić information content (AvgIpc) is 2.55. The van der Waals surface area contributed by atoms with Gasteiger partial charge in [-0.15, -0.1) is 0 Å². The molecule has 0 radical (unpaired) electrons. The molecule has 0 N–H and O–H groups in total. The van der Waals surface area contributed by atoms with Gasteiger partial charge in [0.05, 0.1) is 14.2 Å². The first-order valence-corrected chi connectivity index (χ1v) is 7.04.